The Labute approximate surface area is 152 Å². The van der Waals surface area contributed by atoms with Crippen LogP contribution in [0, 0.1) is 12.8 Å². The molecule has 2 aliphatic rings. The summed E-state index contributed by atoms with van der Waals surface area (Å²) in [5.74, 6) is -2.00. The number of sulfonamides is 1. The highest BCUT2D eigenvalue weighted by atomic mass is 32.2. The van der Waals surface area contributed by atoms with Crippen molar-refractivity contribution in [2.45, 2.75) is 50.1 Å². The first-order valence-electron chi connectivity index (χ1n) is 8.67. The summed E-state index contributed by atoms with van der Waals surface area (Å²) in [4.78, 5) is 25.4. The van der Waals surface area contributed by atoms with Gasteiger partial charge < -0.3 is 10.0 Å². The van der Waals surface area contributed by atoms with Crippen molar-refractivity contribution in [1.82, 2.24) is 19.0 Å². The topological polar surface area (TPSA) is 113 Å². The van der Waals surface area contributed by atoms with Gasteiger partial charge in [0, 0.05) is 39.3 Å². The van der Waals surface area contributed by atoms with Gasteiger partial charge in [0.15, 0.2) is 0 Å². The van der Waals surface area contributed by atoms with Crippen LogP contribution in [0.25, 0.3) is 0 Å². The molecule has 2 fully saturated rings. The van der Waals surface area contributed by atoms with Gasteiger partial charge in [0.05, 0.1) is 17.2 Å². The molecule has 3 rings (SSSR count). The minimum Gasteiger partial charge on any atom is -0.481 e. The van der Waals surface area contributed by atoms with Crippen molar-refractivity contribution >= 4 is 21.9 Å². The lowest BCUT2D eigenvalue weighted by molar-refractivity contribution is -0.145. The summed E-state index contributed by atoms with van der Waals surface area (Å²) in [7, 11) is -2.08. The molecule has 0 aromatic carbocycles. The van der Waals surface area contributed by atoms with Crippen molar-refractivity contribution in [3.63, 3.8) is 0 Å². The van der Waals surface area contributed by atoms with E-state index in [4.69, 9.17) is 0 Å². The zero-order chi connectivity index (χ0) is 19.3. The molecule has 1 atom stereocenters. The average Bonchev–Trinajstić information content (AvgIpc) is 3.09. The first kappa shape index (κ1) is 18.8. The molecule has 2 saturated heterocycles. The van der Waals surface area contributed by atoms with Crippen molar-refractivity contribution in [3.05, 3.63) is 11.9 Å². The first-order chi connectivity index (χ1) is 12.1. The quantitative estimate of drug-likeness (QED) is 0.799. The van der Waals surface area contributed by atoms with Crippen molar-refractivity contribution in [2.75, 3.05) is 20.1 Å². The number of hydrogen-bond acceptors (Lipinski definition) is 5. The second-order valence-electron chi connectivity index (χ2n) is 6.99. The third-order valence-electron chi connectivity index (χ3n) is 5.80. The lowest BCUT2D eigenvalue weighted by Crippen LogP contribution is -2.56. The third kappa shape index (κ3) is 2.71. The van der Waals surface area contributed by atoms with E-state index in [0.717, 1.165) is 0 Å². The lowest BCUT2D eigenvalue weighted by atomic mass is 9.77. The van der Waals surface area contributed by atoms with E-state index in [2.05, 4.69) is 5.10 Å². The fraction of sp³-hybridized carbons (Fsp3) is 0.688. The normalized spacial score (nSPS) is 23.7. The van der Waals surface area contributed by atoms with Crippen LogP contribution < -0.4 is 0 Å². The zero-order valence-corrected chi connectivity index (χ0v) is 16.0. The maximum absolute atomic E-state index is 13.0. The molecule has 2 aliphatic heterocycles. The van der Waals surface area contributed by atoms with Crippen LogP contribution in [-0.2, 0) is 26.2 Å². The standard InChI is InChI=1S/C16H24N4O5S/c1-4-19-10-13(11(2)17-19)26(24,25)20-7-5-16(6-8-20)12(15(22)23)9-14(21)18(16)3/h10,12H,4-9H2,1-3H3,(H,22,23). The van der Waals surface area contributed by atoms with E-state index in [1.54, 1.807) is 18.7 Å². The minimum atomic E-state index is -3.70. The SMILES string of the molecule is CCn1cc(S(=O)(=O)N2CCC3(CC2)C(C(=O)O)CC(=O)N3C)c(C)n1. The summed E-state index contributed by atoms with van der Waals surface area (Å²) in [6.07, 6.45) is 2.13. The van der Waals surface area contributed by atoms with Crippen molar-refractivity contribution in [2.24, 2.45) is 5.92 Å². The van der Waals surface area contributed by atoms with Crippen LogP contribution in [0.2, 0.25) is 0 Å². The summed E-state index contributed by atoms with van der Waals surface area (Å²) < 4.78 is 28.9. The van der Waals surface area contributed by atoms with E-state index in [1.165, 1.54) is 15.4 Å². The fourth-order valence-electron chi connectivity index (χ4n) is 4.15. The number of hydrogen-bond donors (Lipinski definition) is 1. The van der Waals surface area contributed by atoms with Crippen LogP contribution >= 0.6 is 0 Å². The first-order valence-corrected chi connectivity index (χ1v) is 10.1. The van der Waals surface area contributed by atoms with Crippen LogP contribution in [0.5, 0.6) is 0 Å². The molecule has 3 heterocycles. The van der Waals surface area contributed by atoms with Gasteiger partial charge in [-0.1, -0.05) is 0 Å². The number of nitrogens with zero attached hydrogens (tertiary/aromatic N) is 4. The molecular formula is C16H24N4O5S. The third-order valence-corrected chi connectivity index (χ3v) is 7.80. The number of aryl methyl sites for hydroxylation is 2. The van der Waals surface area contributed by atoms with Gasteiger partial charge >= 0.3 is 5.97 Å². The molecule has 1 aromatic rings. The number of aromatic nitrogens is 2. The molecule has 0 saturated carbocycles. The Morgan fingerprint density at radius 2 is 2.00 bits per heavy atom. The van der Waals surface area contributed by atoms with Gasteiger partial charge in [0.25, 0.3) is 0 Å². The predicted molar refractivity (Wildman–Crippen MR) is 91.9 cm³/mol. The molecule has 1 spiro atoms. The molecule has 26 heavy (non-hydrogen) atoms. The highest BCUT2D eigenvalue weighted by Gasteiger charge is 2.56. The summed E-state index contributed by atoms with van der Waals surface area (Å²) in [5, 5.41) is 13.7. The van der Waals surface area contributed by atoms with Gasteiger partial charge in [0.1, 0.15) is 4.90 Å². The van der Waals surface area contributed by atoms with Crippen LogP contribution in [-0.4, -0.2) is 70.1 Å². The number of piperidine rings is 1. The molecule has 1 aromatic heterocycles. The summed E-state index contributed by atoms with van der Waals surface area (Å²) in [5.41, 5.74) is -0.360. The molecule has 0 radical (unpaired) electrons. The Hall–Kier alpha value is -1.94. The lowest BCUT2D eigenvalue weighted by Gasteiger charge is -2.44. The van der Waals surface area contributed by atoms with E-state index in [1.807, 2.05) is 6.92 Å². The predicted octanol–water partition coefficient (Wildman–Crippen LogP) is 0.298. The highest BCUT2D eigenvalue weighted by Crippen LogP contribution is 2.43. The number of likely N-dealkylation sites (tertiary alicyclic amines) is 1. The Morgan fingerprint density at radius 3 is 2.50 bits per heavy atom. The Bertz CT molecular complexity index is 839. The Morgan fingerprint density at radius 1 is 1.38 bits per heavy atom. The van der Waals surface area contributed by atoms with Gasteiger partial charge in [-0.15, -0.1) is 0 Å². The van der Waals surface area contributed by atoms with Crippen LogP contribution in [0.3, 0.4) is 0 Å². The second kappa shape index (κ2) is 6.34. The Kier molecular flexibility index (Phi) is 4.60. The molecule has 144 valence electrons. The van der Waals surface area contributed by atoms with Gasteiger partial charge in [-0.25, -0.2) is 8.42 Å². The van der Waals surface area contributed by atoms with Crippen molar-refractivity contribution in [3.8, 4) is 0 Å². The molecule has 0 aliphatic carbocycles. The zero-order valence-electron chi connectivity index (χ0n) is 15.2. The number of rotatable bonds is 4. The van der Waals surface area contributed by atoms with Gasteiger partial charge in [-0.05, 0) is 26.7 Å². The number of amides is 1. The van der Waals surface area contributed by atoms with Gasteiger partial charge in [-0.3, -0.25) is 14.3 Å². The smallest absolute Gasteiger partial charge is 0.309 e. The molecule has 10 heteroatoms. The second-order valence-corrected chi connectivity index (χ2v) is 8.90. The van der Waals surface area contributed by atoms with Gasteiger partial charge in [0.2, 0.25) is 15.9 Å². The van der Waals surface area contributed by atoms with E-state index in [9.17, 15) is 23.1 Å². The summed E-state index contributed by atoms with van der Waals surface area (Å²) >= 11 is 0. The number of carbonyl (C=O) groups excluding carboxylic acids is 1. The number of carboxylic acids is 1. The fourth-order valence-corrected chi connectivity index (χ4v) is 5.76. The maximum atomic E-state index is 13.0. The highest BCUT2D eigenvalue weighted by molar-refractivity contribution is 7.89. The number of carboxylic acid groups (broad SMARTS) is 1. The molecule has 1 amide bonds. The average molecular weight is 384 g/mol. The monoisotopic (exact) mass is 384 g/mol. The van der Waals surface area contributed by atoms with Crippen molar-refractivity contribution < 1.29 is 23.1 Å². The molecule has 9 nitrogen and oxygen atoms in total. The van der Waals surface area contributed by atoms with E-state index in [0.29, 0.717) is 25.1 Å². The van der Waals surface area contributed by atoms with Crippen LogP contribution in [0.1, 0.15) is 31.9 Å². The minimum absolute atomic E-state index is 0.0268. The molecule has 1 N–H and O–H groups in total. The van der Waals surface area contributed by atoms with Crippen LogP contribution in [0.15, 0.2) is 11.1 Å². The van der Waals surface area contributed by atoms with E-state index in [-0.39, 0.29) is 30.3 Å². The maximum Gasteiger partial charge on any atom is 0.309 e. The van der Waals surface area contributed by atoms with Crippen LogP contribution in [0.4, 0.5) is 0 Å². The Balaban J connectivity index is 1.84. The van der Waals surface area contributed by atoms with E-state index < -0.39 is 27.4 Å². The molecule has 0 bridgehead atoms. The van der Waals surface area contributed by atoms with E-state index >= 15 is 0 Å². The number of carbonyl (C=O) groups is 2. The number of aliphatic carboxylic acids is 1. The molecular weight excluding hydrogens is 360 g/mol. The summed E-state index contributed by atoms with van der Waals surface area (Å²) in [6.45, 7) is 4.48. The largest absolute Gasteiger partial charge is 0.481 e. The van der Waals surface area contributed by atoms with Gasteiger partial charge in [-0.2, -0.15) is 9.40 Å². The molecule has 1 unspecified atom stereocenters. The summed E-state index contributed by atoms with van der Waals surface area (Å²) in [6, 6.07) is 0. The van der Waals surface area contributed by atoms with Crippen molar-refractivity contribution in [1.29, 1.82) is 0 Å².